The molecule has 0 saturated carbocycles. The number of aromatic nitrogens is 1. The number of hydrogen-bond donors (Lipinski definition) is 1. The zero-order chi connectivity index (χ0) is 23.4. The molecule has 0 aliphatic carbocycles. The van der Waals surface area contributed by atoms with E-state index in [-0.39, 0.29) is 17.7 Å². The van der Waals surface area contributed by atoms with Crippen LogP contribution in [0.25, 0.3) is 0 Å². The van der Waals surface area contributed by atoms with Crippen molar-refractivity contribution in [1.29, 1.82) is 0 Å². The Morgan fingerprint density at radius 2 is 1.85 bits per heavy atom. The third-order valence-electron chi connectivity index (χ3n) is 5.85. The first-order valence-electron chi connectivity index (χ1n) is 11.3. The number of nitrogens with zero attached hydrogens (tertiary/aromatic N) is 2. The molecule has 1 aromatic heterocycles. The summed E-state index contributed by atoms with van der Waals surface area (Å²) in [6, 6.07) is 15.1. The fourth-order valence-electron chi connectivity index (χ4n) is 4.28. The molecule has 6 heteroatoms. The lowest BCUT2D eigenvalue weighted by atomic mass is 9.96. The van der Waals surface area contributed by atoms with E-state index >= 15 is 0 Å². The van der Waals surface area contributed by atoms with Gasteiger partial charge < -0.3 is 15.0 Å². The van der Waals surface area contributed by atoms with Gasteiger partial charge in [0, 0.05) is 30.5 Å². The molecule has 1 atom stereocenters. The van der Waals surface area contributed by atoms with E-state index in [9.17, 15) is 9.59 Å². The Bertz CT molecular complexity index is 1140. The molecule has 4 rings (SSSR count). The molecule has 2 heterocycles. The van der Waals surface area contributed by atoms with E-state index in [1.54, 1.807) is 17.3 Å². The molecule has 1 fully saturated rings. The van der Waals surface area contributed by atoms with Gasteiger partial charge in [0.05, 0.1) is 12.1 Å². The predicted octanol–water partition coefficient (Wildman–Crippen LogP) is 5.29. The predicted molar refractivity (Wildman–Crippen MR) is 129 cm³/mol. The molecule has 2 aromatic carbocycles. The number of benzene rings is 2. The third-order valence-corrected chi connectivity index (χ3v) is 5.85. The molecule has 170 valence electrons. The van der Waals surface area contributed by atoms with Gasteiger partial charge in [-0.1, -0.05) is 17.2 Å². The van der Waals surface area contributed by atoms with Crippen LogP contribution in [0.15, 0.2) is 60.9 Å². The smallest absolute Gasteiger partial charge is 0.253 e. The van der Waals surface area contributed by atoms with E-state index in [1.807, 2.05) is 63.2 Å². The van der Waals surface area contributed by atoms with Gasteiger partial charge in [0.15, 0.2) is 0 Å². The Morgan fingerprint density at radius 3 is 2.55 bits per heavy atom. The van der Waals surface area contributed by atoms with Crippen molar-refractivity contribution in [2.24, 2.45) is 5.92 Å². The van der Waals surface area contributed by atoms with Crippen molar-refractivity contribution in [1.82, 2.24) is 9.88 Å². The van der Waals surface area contributed by atoms with Gasteiger partial charge in [0.2, 0.25) is 5.91 Å². The van der Waals surface area contributed by atoms with Crippen LogP contribution < -0.4 is 10.1 Å². The number of nitrogens with one attached hydrogen (secondary N) is 1. The minimum Gasteiger partial charge on any atom is -0.455 e. The number of pyridine rings is 1. The highest BCUT2D eigenvalue weighted by molar-refractivity contribution is 5.96. The molecule has 1 saturated heterocycles. The summed E-state index contributed by atoms with van der Waals surface area (Å²) in [7, 11) is 0. The topological polar surface area (TPSA) is 71.5 Å². The molecule has 6 nitrogen and oxygen atoms in total. The molecule has 3 aromatic rings. The van der Waals surface area contributed by atoms with Crippen LogP contribution in [-0.4, -0.2) is 34.8 Å². The highest BCUT2D eigenvalue weighted by Crippen LogP contribution is 2.28. The summed E-state index contributed by atoms with van der Waals surface area (Å²) in [6.07, 6.45) is 4.93. The SMILES string of the molecule is Cc1cc(C)cc(C(=O)N2CCCC(C(=O)Nc3ccc(Oc4cccnc4)c(C)c3)C2)c1. The second-order valence-corrected chi connectivity index (χ2v) is 8.73. The molecule has 1 unspecified atom stereocenters. The van der Waals surface area contributed by atoms with E-state index in [0.29, 0.717) is 35.8 Å². The van der Waals surface area contributed by atoms with Crippen LogP contribution in [0.3, 0.4) is 0 Å². The van der Waals surface area contributed by atoms with Crippen molar-refractivity contribution < 1.29 is 14.3 Å². The highest BCUT2D eigenvalue weighted by Gasteiger charge is 2.29. The molecule has 0 spiro atoms. The van der Waals surface area contributed by atoms with Crippen LogP contribution in [0, 0.1) is 26.7 Å². The van der Waals surface area contributed by atoms with Crippen molar-refractivity contribution in [2.45, 2.75) is 33.6 Å². The lowest BCUT2D eigenvalue weighted by molar-refractivity contribution is -0.121. The number of piperidine rings is 1. The van der Waals surface area contributed by atoms with Crippen LogP contribution >= 0.6 is 0 Å². The fraction of sp³-hybridized carbons (Fsp3) is 0.296. The number of rotatable bonds is 5. The number of carbonyl (C=O) groups excluding carboxylic acids is 2. The first-order chi connectivity index (χ1) is 15.9. The first kappa shape index (κ1) is 22.5. The average molecular weight is 444 g/mol. The zero-order valence-corrected chi connectivity index (χ0v) is 19.3. The number of ether oxygens (including phenoxy) is 1. The molecule has 33 heavy (non-hydrogen) atoms. The van der Waals surface area contributed by atoms with E-state index in [0.717, 1.165) is 29.5 Å². The van der Waals surface area contributed by atoms with Crippen molar-refractivity contribution >= 4 is 17.5 Å². The Kier molecular flexibility index (Phi) is 6.73. The van der Waals surface area contributed by atoms with Crippen LogP contribution in [0.4, 0.5) is 5.69 Å². The highest BCUT2D eigenvalue weighted by atomic mass is 16.5. The van der Waals surface area contributed by atoms with Crippen LogP contribution in [-0.2, 0) is 4.79 Å². The quantitative estimate of drug-likeness (QED) is 0.582. The lowest BCUT2D eigenvalue weighted by Gasteiger charge is -2.32. The largest absolute Gasteiger partial charge is 0.455 e. The minimum absolute atomic E-state index is 0.00736. The van der Waals surface area contributed by atoms with Crippen molar-refractivity contribution in [3.8, 4) is 11.5 Å². The van der Waals surface area contributed by atoms with Crippen LogP contribution in [0.5, 0.6) is 11.5 Å². The molecule has 1 aliphatic heterocycles. The van der Waals surface area contributed by atoms with Crippen molar-refractivity contribution in [3.63, 3.8) is 0 Å². The monoisotopic (exact) mass is 443 g/mol. The summed E-state index contributed by atoms with van der Waals surface area (Å²) in [5.41, 5.74) is 4.45. The van der Waals surface area contributed by atoms with E-state index in [4.69, 9.17) is 4.74 Å². The molecule has 1 aliphatic rings. The standard InChI is InChI=1S/C27H29N3O3/c1-18-12-19(2)14-22(13-18)27(32)30-11-5-6-21(17-30)26(31)29-23-8-9-25(20(3)15-23)33-24-7-4-10-28-16-24/h4,7-10,12-16,21H,5-6,11,17H2,1-3H3,(H,29,31). The lowest BCUT2D eigenvalue weighted by Crippen LogP contribution is -2.43. The number of hydrogen-bond acceptors (Lipinski definition) is 4. The summed E-state index contributed by atoms with van der Waals surface area (Å²) >= 11 is 0. The summed E-state index contributed by atoms with van der Waals surface area (Å²) in [4.78, 5) is 31.9. The van der Waals surface area contributed by atoms with Crippen LogP contribution in [0.2, 0.25) is 0 Å². The van der Waals surface area contributed by atoms with Gasteiger partial charge in [-0.05, 0) is 81.6 Å². The molecule has 1 N–H and O–H groups in total. The normalized spacial score (nSPS) is 15.7. The van der Waals surface area contributed by atoms with Gasteiger partial charge in [-0.2, -0.15) is 0 Å². The molecule has 0 bridgehead atoms. The summed E-state index contributed by atoms with van der Waals surface area (Å²) in [6.45, 7) is 7.02. The Balaban J connectivity index is 1.40. The number of anilines is 1. The number of likely N-dealkylation sites (tertiary alicyclic amines) is 1. The number of aryl methyl sites for hydroxylation is 3. The van der Waals surface area contributed by atoms with Gasteiger partial charge in [-0.15, -0.1) is 0 Å². The maximum Gasteiger partial charge on any atom is 0.253 e. The first-order valence-corrected chi connectivity index (χ1v) is 11.3. The van der Waals surface area contributed by atoms with Crippen LogP contribution in [0.1, 0.15) is 39.9 Å². The zero-order valence-electron chi connectivity index (χ0n) is 19.3. The maximum absolute atomic E-state index is 13.0. The fourth-order valence-corrected chi connectivity index (χ4v) is 4.28. The minimum atomic E-state index is -0.236. The molecule has 0 radical (unpaired) electrons. The number of carbonyl (C=O) groups is 2. The van der Waals surface area contributed by atoms with Gasteiger partial charge in [-0.3, -0.25) is 14.6 Å². The molecular formula is C27H29N3O3. The van der Waals surface area contributed by atoms with Crippen molar-refractivity contribution in [2.75, 3.05) is 18.4 Å². The average Bonchev–Trinajstić information content (AvgIpc) is 2.80. The van der Waals surface area contributed by atoms with E-state index in [2.05, 4.69) is 16.4 Å². The Hall–Kier alpha value is -3.67. The Morgan fingerprint density at radius 1 is 1.06 bits per heavy atom. The van der Waals surface area contributed by atoms with Gasteiger partial charge >= 0.3 is 0 Å². The van der Waals surface area contributed by atoms with Gasteiger partial charge in [-0.25, -0.2) is 0 Å². The summed E-state index contributed by atoms with van der Waals surface area (Å²) in [5.74, 6) is 1.07. The maximum atomic E-state index is 13.0. The van der Waals surface area contributed by atoms with E-state index < -0.39 is 0 Å². The Labute approximate surface area is 194 Å². The summed E-state index contributed by atoms with van der Waals surface area (Å²) in [5, 5.41) is 3.02. The summed E-state index contributed by atoms with van der Waals surface area (Å²) < 4.78 is 5.87. The van der Waals surface area contributed by atoms with Gasteiger partial charge in [0.1, 0.15) is 11.5 Å². The van der Waals surface area contributed by atoms with Gasteiger partial charge in [0.25, 0.3) is 5.91 Å². The van der Waals surface area contributed by atoms with Crippen molar-refractivity contribution in [3.05, 3.63) is 83.2 Å². The molecule has 2 amide bonds. The van der Waals surface area contributed by atoms with E-state index in [1.165, 1.54) is 0 Å². The molecular weight excluding hydrogens is 414 g/mol. The number of amides is 2. The second-order valence-electron chi connectivity index (χ2n) is 8.73. The second kappa shape index (κ2) is 9.86. The third kappa shape index (κ3) is 5.58.